The van der Waals surface area contributed by atoms with Crippen LogP contribution in [0, 0.1) is 5.82 Å². The van der Waals surface area contributed by atoms with Crippen molar-refractivity contribution in [3.8, 4) is 22.8 Å². The number of pyridine rings is 1. The minimum Gasteiger partial charge on any atom is -0.494 e. The van der Waals surface area contributed by atoms with Crippen LogP contribution in [0.3, 0.4) is 0 Å². The molecule has 0 radical (unpaired) electrons. The lowest BCUT2D eigenvalue weighted by Crippen LogP contribution is -2.52. The van der Waals surface area contributed by atoms with E-state index in [1.54, 1.807) is 0 Å². The number of hydrogen-bond donors (Lipinski definition) is 3. The quantitative estimate of drug-likeness (QED) is 0.236. The minimum absolute atomic E-state index is 0.00382. The van der Waals surface area contributed by atoms with Crippen LogP contribution in [0.2, 0.25) is 0 Å². The maximum absolute atomic E-state index is 14.6. The number of nitrogens with one attached hydrogen (secondary N) is 1. The van der Waals surface area contributed by atoms with Crippen molar-refractivity contribution in [2.75, 3.05) is 26.9 Å². The van der Waals surface area contributed by atoms with E-state index in [0.29, 0.717) is 10.7 Å². The van der Waals surface area contributed by atoms with E-state index in [1.807, 2.05) is 5.32 Å². The molecule has 2 aromatic carbocycles. The van der Waals surface area contributed by atoms with E-state index in [-0.39, 0.29) is 39.2 Å². The number of rotatable bonds is 9. The fourth-order valence-electron chi connectivity index (χ4n) is 4.86. The SMILES string of the molecule is COc1cc(C(=O)NC[C@](O)(c2cc3c(c(-c4ccc(F)cc4)n2)OCC3(CF)C(N)=O)C(F)(F)F)cc2cn(C(F)F)nc12. The van der Waals surface area contributed by atoms with Crippen LogP contribution < -0.4 is 20.5 Å². The molecule has 2 aromatic heterocycles. The number of hydrogen-bond acceptors (Lipinski definition) is 7. The smallest absolute Gasteiger partial charge is 0.424 e. The maximum atomic E-state index is 14.6. The van der Waals surface area contributed by atoms with Gasteiger partial charge >= 0.3 is 12.7 Å². The van der Waals surface area contributed by atoms with Crippen LogP contribution in [0.4, 0.5) is 30.7 Å². The molecule has 0 spiro atoms. The Labute approximate surface area is 248 Å². The molecule has 3 heterocycles. The minimum atomic E-state index is -5.54. The maximum Gasteiger partial charge on any atom is 0.424 e. The predicted octanol–water partition coefficient (Wildman–Crippen LogP) is 3.91. The van der Waals surface area contributed by atoms with E-state index >= 15 is 0 Å². The number of aliphatic hydroxyl groups is 1. The molecule has 1 aliphatic rings. The summed E-state index contributed by atoms with van der Waals surface area (Å²) >= 11 is 0. The number of alkyl halides is 6. The third-order valence-electron chi connectivity index (χ3n) is 7.44. The summed E-state index contributed by atoms with van der Waals surface area (Å²) in [4.78, 5) is 29.3. The molecule has 0 fully saturated rings. The number of nitrogens with zero attached hydrogens (tertiary/aromatic N) is 3. The lowest BCUT2D eigenvalue weighted by Gasteiger charge is -2.31. The van der Waals surface area contributed by atoms with Crippen LogP contribution in [0.25, 0.3) is 22.2 Å². The average Bonchev–Trinajstić information content (AvgIpc) is 3.61. The van der Waals surface area contributed by atoms with E-state index in [0.717, 1.165) is 49.7 Å². The van der Waals surface area contributed by atoms with Gasteiger partial charge in [-0.1, -0.05) is 0 Å². The van der Waals surface area contributed by atoms with Gasteiger partial charge in [-0.25, -0.2) is 18.4 Å². The van der Waals surface area contributed by atoms with Gasteiger partial charge in [0.15, 0.2) is 0 Å². The zero-order chi connectivity index (χ0) is 32.9. The number of fused-ring (bicyclic) bond motifs is 2. The van der Waals surface area contributed by atoms with Crippen molar-refractivity contribution >= 4 is 22.7 Å². The standard InChI is InChI=1S/C28H22F7N5O5/c1-44-18-7-14(6-15-9-40(25(31)32)39-20(15)18)23(41)37-11-27(43,28(33,34)35)19-8-17-22(45-12-26(17,10-29)24(36)42)21(38-19)13-2-4-16(30)5-3-13/h2-9,25,43H,10-12H2,1H3,(H2,36,42)(H,37,41)/t26?,27-/m0/s1. The normalized spacial score (nSPS) is 17.6. The van der Waals surface area contributed by atoms with Gasteiger partial charge < -0.3 is 25.6 Å². The van der Waals surface area contributed by atoms with Gasteiger partial charge in [-0.2, -0.15) is 27.1 Å². The molecule has 0 bridgehead atoms. The van der Waals surface area contributed by atoms with Gasteiger partial charge in [0.1, 0.15) is 47.2 Å². The number of aromatic nitrogens is 3. The Morgan fingerprint density at radius 1 is 1.20 bits per heavy atom. The molecule has 0 aliphatic carbocycles. The number of halogens is 7. The largest absolute Gasteiger partial charge is 0.494 e. The van der Waals surface area contributed by atoms with E-state index in [4.69, 9.17) is 15.2 Å². The number of carbonyl (C=O) groups excluding carboxylic acids is 2. The molecule has 10 nitrogen and oxygen atoms in total. The van der Waals surface area contributed by atoms with Crippen molar-refractivity contribution in [1.29, 1.82) is 0 Å². The monoisotopic (exact) mass is 641 g/mol. The third-order valence-corrected chi connectivity index (χ3v) is 7.44. The van der Waals surface area contributed by atoms with Crippen molar-refractivity contribution in [3.63, 3.8) is 0 Å². The van der Waals surface area contributed by atoms with Crippen LogP contribution in [0.15, 0.2) is 48.7 Å². The Bertz CT molecular complexity index is 1800. The van der Waals surface area contributed by atoms with Gasteiger partial charge in [0.05, 0.1) is 19.3 Å². The van der Waals surface area contributed by atoms with Gasteiger partial charge in [0.25, 0.3) is 5.91 Å². The first kappa shape index (κ1) is 31.5. The first-order valence-corrected chi connectivity index (χ1v) is 12.9. The van der Waals surface area contributed by atoms with Gasteiger partial charge in [-0.15, -0.1) is 0 Å². The van der Waals surface area contributed by atoms with Crippen LogP contribution in [0.5, 0.6) is 11.5 Å². The lowest BCUT2D eigenvalue weighted by atomic mass is 9.81. The Morgan fingerprint density at radius 2 is 1.89 bits per heavy atom. The van der Waals surface area contributed by atoms with E-state index < -0.39 is 72.5 Å². The summed E-state index contributed by atoms with van der Waals surface area (Å²) in [5.41, 5.74) is -3.15. The fraction of sp³-hybridized carbons (Fsp3) is 0.286. The summed E-state index contributed by atoms with van der Waals surface area (Å²) in [6.45, 7) is -6.76. The molecule has 2 atom stereocenters. The predicted molar refractivity (Wildman–Crippen MR) is 142 cm³/mol. The molecule has 0 saturated carbocycles. The average molecular weight is 642 g/mol. The second kappa shape index (κ2) is 11.2. The van der Waals surface area contributed by atoms with Gasteiger partial charge in [0, 0.05) is 28.3 Å². The lowest BCUT2D eigenvalue weighted by molar-refractivity contribution is -0.265. The number of methoxy groups -OCH3 is 1. The Kier molecular flexibility index (Phi) is 7.85. The van der Waals surface area contributed by atoms with Crippen LogP contribution >= 0.6 is 0 Å². The molecular weight excluding hydrogens is 619 g/mol. The Hall–Kier alpha value is -4.93. The Morgan fingerprint density at radius 3 is 2.47 bits per heavy atom. The van der Waals surface area contributed by atoms with Crippen molar-refractivity contribution in [3.05, 3.63) is 71.3 Å². The second-order valence-electron chi connectivity index (χ2n) is 10.2. The molecular formula is C28H22F7N5O5. The highest BCUT2D eigenvalue weighted by molar-refractivity contribution is 6.00. The molecule has 17 heteroatoms. The highest BCUT2D eigenvalue weighted by Crippen LogP contribution is 2.48. The number of carbonyl (C=O) groups is 2. The number of nitrogens with two attached hydrogens (primary N) is 1. The zero-order valence-electron chi connectivity index (χ0n) is 23.0. The molecule has 45 heavy (non-hydrogen) atoms. The van der Waals surface area contributed by atoms with E-state index in [9.17, 15) is 45.4 Å². The molecule has 1 aliphatic heterocycles. The zero-order valence-corrected chi connectivity index (χ0v) is 23.0. The van der Waals surface area contributed by atoms with Crippen LogP contribution in [0.1, 0.15) is 28.2 Å². The highest BCUT2D eigenvalue weighted by Gasteiger charge is 2.58. The molecule has 0 saturated heterocycles. The first-order valence-electron chi connectivity index (χ1n) is 12.9. The summed E-state index contributed by atoms with van der Waals surface area (Å²) in [7, 11) is 1.16. The Balaban J connectivity index is 1.59. The summed E-state index contributed by atoms with van der Waals surface area (Å²) in [5.74, 6) is -3.59. The van der Waals surface area contributed by atoms with Crippen molar-refractivity contribution < 1.29 is 54.9 Å². The molecule has 2 amide bonds. The van der Waals surface area contributed by atoms with Crippen molar-refractivity contribution in [1.82, 2.24) is 20.1 Å². The third kappa shape index (κ3) is 5.26. The van der Waals surface area contributed by atoms with Gasteiger partial charge in [-0.3, -0.25) is 9.59 Å². The number of primary amides is 1. The highest BCUT2D eigenvalue weighted by atomic mass is 19.4. The van der Waals surface area contributed by atoms with Crippen molar-refractivity contribution in [2.45, 2.75) is 23.7 Å². The number of benzene rings is 2. The summed E-state index contributed by atoms with van der Waals surface area (Å²) in [6.07, 6.45) is -4.64. The molecule has 1 unspecified atom stereocenters. The number of amides is 2. The summed E-state index contributed by atoms with van der Waals surface area (Å²) in [6, 6.07) is 6.95. The molecule has 5 rings (SSSR count). The van der Waals surface area contributed by atoms with Crippen LogP contribution in [-0.2, 0) is 15.8 Å². The number of ether oxygens (including phenoxy) is 2. The van der Waals surface area contributed by atoms with Gasteiger partial charge in [-0.05, 0) is 42.5 Å². The second-order valence-corrected chi connectivity index (χ2v) is 10.2. The van der Waals surface area contributed by atoms with Crippen molar-refractivity contribution in [2.24, 2.45) is 5.73 Å². The summed E-state index contributed by atoms with van der Waals surface area (Å²) < 4.78 is 109. The van der Waals surface area contributed by atoms with E-state index in [2.05, 4.69) is 10.1 Å². The van der Waals surface area contributed by atoms with E-state index in [1.165, 1.54) is 0 Å². The van der Waals surface area contributed by atoms with Crippen LogP contribution in [-0.4, -0.2) is 64.8 Å². The summed E-state index contributed by atoms with van der Waals surface area (Å²) in [5, 5.41) is 16.8. The topological polar surface area (TPSA) is 142 Å². The molecule has 4 N–H and O–H groups in total. The molecule has 4 aromatic rings. The molecule has 238 valence electrons. The fourth-order valence-corrected chi connectivity index (χ4v) is 4.86. The van der Waals surface area contributed by atoms with Gasteiger partial charge in [0.2, 0.25) is 11.5 Å². The first-order chi connectivity index (χ1) is 21.1.